The number of H-pyrrole nitrogens is 1. The summed E-state index contributed by atoms with van der Waals surface area (Å²) >= 11 is 3.54. The van der Waals surface area contributed by atoms with Crippen LogP contribution in [-0.4, -0.2) is 4.98 Å². The maximum absolute atomic E-state index is 3.54. The van der Waals surface area contributed by atoms with E-state index in [0.717, 1.165) is 16.7 Å². The Bertz CT molecular complexity index is 435. The Morgan fingerprint density at radius 1 is 1.33 bits per heavy atom. The van der Waals surface area contributed by atoms with Crippen LogP contribution in [0.2, 0.25) is 0 Å². The molecule has 0 bridgehead atoms. The molecule has 2 rings (SSSR count). The molecule has 2 nitrogen and oxygen atoms in total. The second-order valence-corrected chi connectivity index (χ2v) is 4.41. The third-order valence-electron chi connectivity index (χ3n) is 2.27. The third-order valence-corrected chi connectivity index (χ3v) is 2.93. The van der Waals surface area contributed by atoms with Crippen LogP contribution in [0.5, 0.6) is 0 Å². The summed E-state index contributed by atoms with van der Waals surface area (Å²) in [6.07, 6.45) is 3.93. The van der Waals surface area contributed by atoms with Gasteiger partial charge in [0, 0.05) is 29.1 Å². The number of aromatic nitrogens is 1. The molecule has 0 aliphatic rings. The quantitative estimate of drug-likeness (QED) is 0.870. The lowest BCUT2D eigenvalue weighted by Crippen LogP contribution is -1.98. The van der Waals surface area contributed by atoms with E-state index >= 15 is 0 Å². The molecule has 78 valence electrons. The van der Waals surface area contributed by atoms with Gasteiger partial charge in [-0.05, 0) is 52.2 Å². The van der Waals surface area contributed by atoms with Crippen molar-refractivity contribution in [2.75, 3.05) is 5.32 Å². The first-order valence-corrected chi connectivity index (χ1v) is 5.67. The van der Waals surface area contributed by atoms with Crippen LogP contribution in [0.3, 0.4) is 0 Å². The zero-order chi connectivity index (χ0) is 10.7. The molecular weight excluding hydrogens is 252 g/mol. The molecule has 0 unspecified atom stereocenters. The molecule has 0 amide bonds. The van der Waals surface area contributed by atoms with E-state index in [1.54, 1.807) is 0 Å². The van der Waals surface area contributed by atoms with Gasteiger partial charge in [-0.3, -0.25) is 0 Å². The van der Waals surface area contributed by atoms with Crippen molar-refractivity contribution in [2.45, 2.75) is 13.5 Å². The lowest BCUT2D eigenvalue weighted by molar-refractivity contribution is 1.15. The number of benzene rings is 1. The first-order valence-electron chi connectivity index (χ1n) is 4.87. The molecule has 0 aliphatic heterocycles. The summed E-state index contributed by atoms with van der Waals surface area (Å²) in [5.74, 6) is 0. The van der Waals surface area contributed by atoms with E-state index in [4.69, 9.17) is 0 Å². The van der Waals surface area contributed by atoms with Gasteiger partial charge in [0.15, 0.2) is 0 Å². The Balaban J connectivity index is 2.05. The average Bonchev–Trinajstić information content (AvgIpc) is 2.69. The number of nitrogens with one attached hydrogen (secondary N) is 2. The molecule has 0 aliphatic carbocycles. The summed E-state index contributed by atoms with van der Waals surface area (Å²) in [6, 6.07) is 8.37. The minimum absolute atomic E-state index is 0.838. The van der Waals surface area contributed by atoms with E-state index in [1.165, 1.54) is 11.1 Å². The number of aryl methyl sites for hydroxylation is 1. The number of hydrogen-bond acceptors (Lipinski definition) is 1. The smallest absolute Gasteiger partial charge is 0.0487 e. The second kappa shape index (κ2) is 4.53. The van der Waals surface area contributed by atoms with Crippen LogP contribution in [0.4, 0.5) is 5.69 Å². The van der Waals surface area contributed by atoms with Crippen LogP contribution in [0, 0.1) is 6.92 Å². The molecule has 0 fully saturated rings. The summed E-state index contributed by atoms with van der Waals surface area (Å²) in [6.45, 7) is 2.92. The van der Waals surface area contributed by atoms with E-state index in [1.807, 2.05) is 12.4 Å². The molecule has 0 atom stereocenters. The number of halogens is 1. The van der Waals surface area contributed by atoms with Crippen LogP contribution in [0.1, 0.15) is 11.1 Å². The lowest BCUT2D eigenvalue weighted by Gasteiger charge is -2.07. The molecule has 0 saturated carbocycles. The summed E-state index contributed by atoms with van der Waals surface area (Å²) < 4.78 is 1.11. The Hall–Kier alpha value is -1.22. The molecule has 3 heteroatoms. The maximum atomic E-state index is 3.54. The van der Waals surface area contributed by atoms with Crippen molar-refractivity contribution in [3.05, 3.63) is 52.3 Å². The van der Waals surface area contributed by atoms with Crippen molar-refractivity contribution < 1.29 is 0 Å². The minimum Gasteiger partial charge on any atom is -0.380 e. The van der Waals surface area contributed by atoms with Crippen molar-refractivity contribution in [3.8, 4) is 0 Å². The molecule has 2 aromatic rings. The van der Waals surface area contributed by atoms with E-state index < -0.39 is 0 Å². The van der Waals surface area contributed by atoms with Crippen LogP contribution in [0.15, 0.2) is 41.1 Å². The van der Waals surface area contributed by atoms with E-state index in [0.29, 0.717) is 0 Å². The molecule has 0 saturated heterocycles. The Morgan fingerprint density at radius 3 is 2.87 bits per heavy atom. The summed E-state index contributed by atoms with van der Waals surface area (Å²) in [4.78, 5) is 3.04. The van der Waals surface area contributed by atoms with E-state index in [9.17, 15) is 0 Å². The molecule has 0 radical (unpaired) electrons. The first kappa shape index (κ1) is 10.3. The summed E-state index contributed by atoms with van der Waals surface area (Å²) in [5.41, 5.74) is 3.64. The number of hydrogen-bond donors (Lipinski definition) is 2. The zero-order valence-electron chi connectivity index (χ0n) is 8.55. The van der Waals surface area contributed by atoms with Gasteiger partial charge >= 0.3 is 0 Å². The SMILES string of the molecule is Cc1ccc(NCc2cc[nH]c2)c(Br)c1. The van der Waals surface area contributed by atoms with Crippen molar-refractivity contribution in [2.24, 2.45) is 0 Å². The highest BCUT2D eigenvalue weighted by molar-refractivity contribution is 9.10. The minimum atomic E-state index is 0.838. The van der Waals surface area contributed by atoms with Gasteiger partial charge in [-0.2, -0.15) is 0 Å². The molecular formula is C12H13BrN2. The van der Waals surface area contributed by atoms with Crippen LogP contribution in [0.25, 0.3) is 0 Å². The van der Waals surface area contributed by atoms with Crippen molar-refractivity contribution in [3.63, 3.8) is 0 Å². The van der Waals surface area contributed by atoms with Crippen molar-refractivity contribution >= 4 is 21.6 Å². The largest absolute Gasteiger partial charge is 0.380 e. The van der Waals surface area contributed by atoms with Crippen molar-refractivity contribution in [1.29, 1.82) is 0 Å². The zero-order valence-corrected chi connectivity index (χ0v) is 10.1. The monoisotopic (exact) mass is 264 g/mol. The Labute approximate surface area is 97.8 Å². The average molecular weight is 265 g/mol. The van der Waals surface area contributed by atoms with Crippen LogP contribution < -0.4 is 5.32 Å². The fourth-order valence-electron chi connectivity index (χ4n) is 1.43. The fraction of sp³-hybridized carbons (Fsp3) is 0.167. The first-order chi connectivity index (χ1) is 7.25. The predicted octanol–water partition coefficient (Wildman–Crippen LogP) is 3.70. The van der Waals surface area contributed by atoms with E-state index in [-0.39, 0.29) is 0 Å². The fourth-order valence-corrected chi connectivity index (χ4v) is 2.06. The second-order valence-electron chi connectivity index (χ2n) is 3.56. The normalized spacial score (nSPS) is 10.3. The van der Waals surface area contributed by atoms with Gasteiger partial charge in [0.2, 0.25) is 0 Å². The standard InChI is InChI=1S/C12H13BrN2/c1-9-2-3-12(11(13)6-9)15-8-10-4-5-14-7-10/h2-7,14-15H,8H2,1H3. The van der Waals surface area contributed by atoms with Gasteiger partial charge in [0.1, 0.15) is 0 Å². The summed E-state index contributed by atoms with van der Waals surface area (Å²) in [5, 5.41) is 3.38. The third kappa shape index (κ3) is 2.63. The van der Waals surface area contributed by atoms with Crippen LogP contribution >= 0.6 is 15.9 Å². The van der Waals surface area contributed by atoms with Gasteiger partial charge in [0.05, 0.1) is 0 Å². The van der Waals surface area contributed by atoms with Gasteiger partial charge < -0.3 is 10.3 Å². The molecule has 1 aromatic heterocycles. The van der Waals surface area contributed by atoms with Gasteiger partial charge in [-0.1, -0.05) is 6.07 Å². The lowest BCUT2D eigenvalue weighted by atomic mass is 10.2. The van der Waals surface area contributed by atoms with Crippen molar-refractivity contribution in [1.82, 2.24) is 4.98 Å². The molecule has 1 heterocycles. The summed E-state index contributed by atoms with van der Waals surface area (Å²) in [7, 11) is 0. The number of rotatable bonds is 3. The molecule has 0 spiro atoms. The number of anilines is 1. The molecule has 1 aromatic carbocycles. The van der Waals surface area contributed by atoms with Gasteiger partial charge in [-0.25, -0.2) is 0 Å². The predicted molar refractivity (Wildman–Crippen MR) is 67.0 cm³/mol. The van der Waals surface area contributed by atoms with Gasteiger partial charge in [-0.15, -0.1) is 0 Å². The topological polar surface area (TPSA) is 27.8 Å². The molecule has 15 heavy (non-hydrogen) atoms. The van der Waals surface area contributed by atoms with Gasteiger partial charge in [0.25, 0.3) is 0 Å². The Kier molecular flexibility index (Phi) is 3.11. The van der Waals surface area contributed by atoms with Crippen LogP contribution in [-0.2, 0) is 6.54 Å². The molecule has 2 N–H and O–H groups in total. The Morgan fingerprint density at radius 2 is 2.20 bits per heavy atom. The highest BCUT2D eigenvalue weighted by atomic mass is 79.9. The maximum Gasteiger partial charge on any atom is 0.0487 e. The highest BCUT2D eigenvalue weighted by Gasteiger charge is 1.99. The van der Waals surface area contributed by atoms with E-state index in [2.05, 4.69) is 57.4 Å². The number of aromatic amines is 1. The highest BCUT2D eigenvalue weighted by Crippen LogP contribution is 2.23.